The second-order valence-electron chi connectivity index (χ2n) is 6.28. The summed E-state index contributed by atoms with van der Waals surface area (Å²) >= 11 is 0. The van der Waals surface area contributed by atoms with E-state index in [9.17, 15) is 0 Å². The van der Waals surface area contributed by atoms with Crippen molar-refractivity contribution in [3.8, 4) is 11.6 Å². The predicted octanol–water partition coefficient (Wildman–Crippen LogP) is 2.41. The smallest absolute Gasteiger partial charge is 0.264 e. The van der Waals surface area contributed by atoms with Gasteiger partial charge >= 0.3 is 0 Å². The molecule has 8 nitrogen and oxygen atoms in total. The Labute approximate surface area is 139 Å². The number of nitrogens with zero attached hydrogens (tertiary/aromatic N) is 6. The highest BCUT2D eigenvalue weighted by molar-refractivity contribution is 5.48. The second kappa shape index (κ2) is 5.86. The van der Waals surface area contributed by atoms with Gasteiger partial charge in [0.05, 0.1) is 12.6 Å². The Hall–Kier alpha value is -2.48. The van der Waals surface area contributed by atoms with Crippen molar-refractivity contribution >= 4 is 0 Å². The summed E-state index contributed by atoms with van der Waals surface area (Å²) in [5.41, 5.74) is 3.84. The largest absolute Gasteiger partial charge is 0.418 e. The lowest BCUT2D eigenvalue weighted by Gasteiger charge is -2.20. The minimum atomic E-state index is 0.198. The quantitative estimate of drug-likeness (QED) is 0.727. The number of hydrogen-bond acceptors (Lipinski definition) is 7. The molecule has 0 saturated carbocycles. The van der Waals surface area contributed by atoms with Gasteiger partial charge in [0, 0.05) is 12.7 Å². The van der Waals surface area contributed by atoms with E-state index >= 15 is 0 Å². The minimum absolute atomic E-state index is 0.198. The van der Waals surface area contributed by atoms with Crippen LogP contribution in [-0.4, -0.2) is 36.5 Å². The molecule has 4 rings (SSSR count). The van der Waals surface area contributed by atoms with Gasteiger partial charge < -0.3 is 8.98 Å². The monoisotopic (exact) mass is 328 g/mol. The van der Waals surface area contributed by atoms with E-state index in [0.717, 1.165) is 42.2 Å². The third kappa shape index (κ3) is 2.52. The van der Waals surface area contributed by atoms with Crippen LogP contribution in [0.25, 0.3) is 11.6 Å². The fraction of sp³-hybridized carbons (Fsp3) is 0.500. The third-order valence-corrected chi connectivity index (χ3v) is 4.76. The molecule has 3 aromatic heterocycles. The Kier molecular flexibility index (Phi) is 3.68. The standard InChI is InChI=1S/C16H20N6O2/c1-10-6-7-13(21(10)3)16-18-17-14(23-16)9-22-8-4-5-12(22)15-11(2)19-24-20-15/h6-7,12H,4-5,8-9H2,1-3H3/t12-/m0/s1. The molecule has 0 bridgehead atoms. The minimum Gasteiger partial charge on any atom is -0.418 e. The summed E-state index contributed by atoms with van der Waals surface area (Å²) in [6.45, 7) is 5.54. The lowest BCUT2D eigenvalue weighted by Crippen LogP contribution is -2.23. The number of hydrogen-bond donors (Lipinski definition) is 0. The maximum atomic E-state index is 5.88. The van der Waals surface area contributed by atoms with Crippen LogP contribution >= 0.6 is 0 Å². The maximum Gasteiger partial charge on any atom is 0.264 e. The molecule has 4 heterocycles. The van der Waals surface area contributed by atoms with Gasteiger partial charge in [0.1, 0.15) is 17.1 Å². The summed E-state index contributed by atoms with van der Waals surface area (Å²) in [7, 11) is 1.99. The van der Waals surface area contributed by atoms with Crippen molar-refractivity contribution in [3.05, 3.63) is 35.1 Å². The molecule has 126 valence electrons. The fourth-order valence-electron chi connectivity index (χ4n) is 3.29. The van der Waals surface area contributed by atoms with Crippen LogP contribution in [0.4, 0.5) is 0 Å². The maximum absolute atomic E-state index is 5.88. The lowest BCUT2D eigenvalue weighted by atomic mass is 10.1. The van der Waals surface area contributed by atoms with Gasteiger partial charge in [0.15, 0.2) is 0 Å². The van der Waals surface area contributed by atoms with E-state index < -0.39 is 0 Å². The zero-order valence-electron chi connectivity index (χ0n) is 14.1. The first-order valence-corrected chi connectivity index (χ1v) is 8.11. The highest BCUT2D eigenvalue weighted by atomic mass is 16.6. The van der Waals surface area contributed by atoms with Gasteiger partial charge in [0.2, 0.25) is 5.89 Å². The van der Waals surface area contributed by atoms with E-state index in [-0.39, 0.29) is 6.04 Å². The molecule has 0 radical (unpaired) electrons. The van der Waals surface area contributed by atoms with Gasteiger partial charge in [-0.05, 0) is 45.4 Å². The summed E-state index contributed by atoms with van der Waals surface area (Å²) < 4.78 is 12.8. The zero-order valence-corrected chi connectivity index (χ0v) is 14.1. The normalized spacial score (nSPS) is 18.5. The average Bonchev–Trinajstić information content (AvgIpc) is 3.32. The Balaban J connectivity index is 1.53. The van der Waals surface area contributed by atoms with Gasteiger partial charge in [-0.2, -0.15) is 0 Å². The Morgan fingerprint density at radius 3 is 2.79 bits per heavy atom. The molecule has 3 aromatic rings. The van der Waals surface area contributed by atoms with Crippen molar-refractivity contribution in [3.63, 3.8) is 0 Å². The van der Waals surface area contributed by atoms with Crippen molar-refractivity contribution in [1.82, 2.24) is 30.0 Å². The lowest BCUT2D eigenvalue weighted by molar-refractivity contribution is 0.212. The predicted molar refractivity (Wildman–Crippen MR) is 84.9 cm³/mol. The van der Waals surface area contributed by atoms with Crippen LogP contribution in [0.3, 0.4) is 0 Å². The van der Waals surface area contributed by atoms with Crippen molar-refractivity contribution in [2.24, 2.45) is 7.05 Å². The number of aryl methyl sites for hydroxylation is 2. The van der Waals surface area contributed by atoms with Crippen LogP contribution in [0.1, 0.15) is 41.9 Å². The molecule has 0 spiro atoms. The summed E-state index contributed by atoms with van der Waals surface area (Å²) in [6.07, 6.45) is 2.14. The molecular weight excluding hydrogens is 308 g/mol. The zero-order chi connectivity index (χ0) is 16.7. The second-order valence-corrected chi connectivity index (χ2v) is 6.28. The van der Waals surface area contributed by atoms with Crippen LogP contribution in [0, 0.1) is 13.8 Å². The number of aromatic nitrogens is 5. The molecule has 0 unspecified atom stereocenters. The van der Waals surface area contributed by atoms with E-state index in [1.165, 1.54) is 0 Å². The first-order valence-electron chi connectivity index (χ1n) is 8.11. The van der Waals surface area contributed by atoms with Gasteiger partial charge in [-0.1, -0.05) is 10.3 Å². The van der Waals surface area contributed by atoms with E-state index in [4.69, 9.17) is 9.05 Å². The van der Waals surface area contributed by atoms with Crippen molar-refractivity contribution in [1.29, 1.82) is 0 Å². The van der Waals surface area contributed by atoms with Crippen molar-refractivity contribution in [2.75, 3.05) is 6.54 Å². The van der Waals surface area contributed by atoms with Crippen LogP contribution in [-0.2, 0) is 13.6 Å². The molecule has 0 aliphatic carbocycles. The van der Waals surface area contributed by atoms with E-state index in [1.807, 2.05) is 37.6 Å². The number of rotatable bonds is 4. The molecule has 1 fully saturated rings. The summed E-state index contributed by atoms with van der Waals surface area (Å²) in [4.78, 5) is 2.29. The van der Waals surface area contributed by atoms with Crippen LogP contribution in [0.2, 0.25) is 0 Å². The topological polar surface area (TPSA) is 86.0 Å². The highest BCUT2D eigenvalue weighted by Gasteiger charge is 2.31. The molecule has 1 saturated heterocycles. The molecule has 0 N–H and O–H groups in total. The summed E-state index contributed by atoms with van der Waals surface area (Å²) in [5, 5.41) is 16.4. The molecule has 8 heteroatoms. The fourth-order valence-corrected chi connectivity index (χ4v) is 3.29. The number of likely N-dealkylation sites (tertiary alicyclic amines) is 1. The van der Waals surface area contributed by atoms with Crippen molar-refractivity contribution in [2.45, 2.75) is 39.3 Å². The summed E-state index contributed by atoms with van der Waals surface area (Å²) in [6, 6.07) is 4.23. The molecule has 1 aliphatic rings. The third-order valence-electron chi connectivity index (χ3n) is 4.76. The van der Waals surface area contributed by atoms with Gasteiger partial charge in [-0.3, -0.25) is 4.90 Å². The molecular formula is C16H20N6O2. The molecule has 1 atom stereocenters. The van der Waals surface area contributed by atoms with Gasteiger partial charge in [0.25, 0.3) is 5.89 Å². The molecule has 1 aliphatic heterocycles. The summed E-state index contributed by atoms with van der Waals surface area (Å²) in [5.74, 6) is 1.17. The van der Waals surface area contributed by atoms with Crippen LogP contribution < -0.4 is 0 Å². The Bertz CT molecular complexity index is 849. The average molecular weight is 328 g/mol. The first-order chi connectivity index (χ1) is 11.6. The first kappa shape index (κ1) is 15.1. The highest BCUT2D eigenvalue weighted by Crippen LogP contribution is 2.33. The van der Waals surface area contributed by atoms with Crippen molar-refractivity contribution < 1.29 is 9.05 Å². The van der Waals surface area contributed by atoms with Crippen LogP contribution in [0.15, 0.2) is 21.2 Å². The Morgan fingerprint density at radius 1 is 1.21 bits per heavy atom. The van der Waals surface area contributed by atoms with Gasteiger partial charge in [-0.15, -0.1) is 10.2 Å². The van der Waals surface area contributed by atoms with Gasteiger partial charge in [-0.25, -0.2) is 4.63 Å². The Morgan fingerprint density at radius 2 is 2.08 bits per heavy atom. The molecule has 24 heavy (non-hydrogen) atoms. The molecule has 0 amide bonds. The van der Waals surface area contributed by atoms with E-state index in [0.29, 0.717) is 18.3 Å². The van der Waals surface area contributed by atoms with E-state index in [1.54, 1.807) is 0 Å². The molecule has 0 aromatic carbocycles. The van der Waals surface area contributed by atoms with Crippen LogP contribution in [0.5, 0.6) is 0 Å². The van der Waals surface area contributed by atoms with E-state index in [2.05, 4.69) is 25.4 Å². The SMILES string of the molecule is Cc1nonc1[C@@H]1CCCN1Cc1nnc(-c2ccc(C)n2C)o1.